The fourth-order valence-corrected chi connectivity index (χ4v) is 6.07. The summed E-state index contributed by atoms with van der Waals surface area (Å²) >= 11 is 6.99. The van der Waals surface area contributed by atoms with Crippen molar-refractivity contribution in [2.24, 2.45) is 0 Å². The normalized spacial score (nSPS) is 12.2. The van der Waals surface area contributed by atoms with Crippen LogP contribution >= 0.6 is 23.1 Å². The first-order valence-corrected chi connectivity index (χ1v) is 14.0. The third-order valence-electron chi connectivity index (χ3n) is 5.65. The number of aromatic nitrogens is 2. The molecule has 1 heterocycles. The van der Waals surface area contributed by atoms with E-state index in [0.717, 1.165) is 40.4 Å². The monoisotopic (exact) mass is 653 g/mol. The SMILES string of the molecule is COc1ccc(CN(c2ncns2)S(=O)(=O)c2ccc(Oc3cc(C(F)(F)F)cc(C(F)(F)F)c3)c(Cl)c2)c(OC)c1. The van der Waals surface area contributed by atoms with Crippen LogP contribution in [-0.4, -0.2) is 32.0 Å². The minimum absolute atomic E-state index is 0.00651. The van der Waals surface area contributed by atoms with E-state index in [0.29, 0.717) is 29.2 Å². The van der Waals surface area contributed by atoms with Gasteiger partial charge < -0.3 is 14.2 Å². The smallest absolute Gasteiger partial charge is 0.416 e. The third kappa shape index (κ3) is 6.82. The van der Waals surface area contributed by atoms with Crippen LogP contribution in [0.25, 0.3) is 0 Å². The number of nitrogens with zero attached hydrogens (tertiary/aromatic N) is 3. The number of rotatable bonds is 9. The zero-order valence-electron chi connectivity index (χ0n) is 21.3. The topological polar surface area (TPSA) is 90.9 Å². The Morgan fingerprint density at radius 2 is 1.52 bits per heavy atom. The summed E-state index contributed by atoms with van der Waals surface area (Å²) < 4.78 is 127. The molecule has 224 valence electrons. The summed E-state index contributed by atoms with van der Waals surface area (Å²) in [6.07, 6.45) is -9.04. The number of hydrogen-bond donors (Lipinski definition) is 0. The van der Waals surface area contributed by atoms with E-state index in [1.165, 1.54) is 14.2 Å². The molecule has 8 nitrogen and oxygen atoms in total. The zero-order valence-corrected chi connectivity index (χ0v) is 23.7. The van der Waals surface area contributed by atoms with E-state index in [-0.39, 0.29) is 28.4 Å². The molecule has 17 heteroatoms. The minimum Gasteiger partial charge on any atom is -0.497 e. The summed E-state index contributed by atoms with van der Waals surface area (Å²) in [5.41, 5.74) is -2.75. The van der Waals surface area contributed by atoms with Crippen LogP contribution in [-0.2, 0) is 28.9 Å². The molecule has 0 atom stereocenters. The Hall–Kier alpha value is -3.76. The molecule has 0 saturated carbocycles. The van der Waals surface area contributed by atoms with Gasteiger partial charge in [-0.2, -0.15) is 30.7 Å². The predicted molar refractivity (Wildman–Crippen MR) is 141 cm³/mol. The standard InChI is InChI=1S/C25H18ClF6N3O5S2/c1-38-17-4-3-14(22(10-17)39-2)12-35(23-33-13-34-41-23)42(36,37)19-5-6-21(20(26)11-19)40-18-8-15(24(27,28)29)7-16(9-18)25(30,31)32/h3-11,13H,12H2,1-2H3. The van der Waals surface area contributed by atoms with Crippen molar-refractivity contribution >= 4 is 38.3 Å². The van der Waals surface area contributed by atoms with Gasteiger partial charge in [-0.15, -0.1) is 0 Å². The Bertz CT molecular complexity index is 1650. The molecule has 0 saturated heterocycles. The lowest BCUT2D eigenvalue weighted by molar-refractivity contribution is -0.143. The summed E-state index contributed by atoms with van der Waals surface area (Å²) in [5.74, 6) is -0.411. The maximum atomic E-state index is 13.7. The van der Waals surface area contributed by atoms with Crippen LogP contribution < -0.4 is 18.5 Å². The number of methoxy groups -OCH3 is 2. The van der Waals surface area contributed by atoms with Crippen LogP contribution in [0, 0.1) is 0 Å². The molecular formula is C25H18ClF6N3O5S2. The van der Waals surface area contributed by atoms with Crippen molar-refractivity contribution in [1.82, 2.24) is 9.36 Å². The fraction of sp³-hybridized carbons (Fsp3) is 0.200. The predicted octanol–water partition coefficient (Wildman–Crippen LogP) is 7.43. The number of hydrogen-bond acceptors (Lipinski definition) is 8. The first-order chi connectivity index (χ1) is 19.6. The molecule has 4 rings (SSSR count). The van der Waals surface area contributed by atoms with Crippen LogP contribution in [0.1, 0.15) is 16.7 Å². The largest absolute Gasteiger partial charge is 0.497 e. The number of benzene rings is 3. The second-order valence-electron chi connectivity index (χ2n) is 8.35. The van der Waals surface area contributed by atoms with Gasteiger partial charge in [0.2, 0.25) is 5.13 Å². The molecule has 0 N–H and O–H groups in total. The highest BCUT2D eigenvalue weighted by molar-refractivity contribution is 7.93. The van der Waals surface area contributed by atoms with Gasteiger partial charge in [0, 0.05) is 23.2 Å². The van der Waals surface area contributed by atoms with Crippen molar-refractivity contribution in [1.29, 1.82) is 0 Å². The van der Waals surface area contributed by atoms with E-state index in [1.807, 2.05) is 0 Å². The van der Waals surface area contributed by atoms with E-state index >= 15 is 0 Å². The molecule has 0 unspecified atom stereocenters. The van der Waals surface area contributed by atoms with E-state index in [9.17, 15) is 34.8 Å². The van der Waals surface area contributed by atoms with Gasteiger partial charge in [-0.3, -0.25) is 0 Å². The van der Waals surface area contributed by atoms with Crippen LogP contribution in [0.15, 0.2) is 65.8 Å². The molecule has 0 aliphatic rings. The van der Waals surface area contributed by atoms with E-state index in [2.05, 4.69) is 9.36 Å². The summed E-state index contributed by atoms with van der Waals surface area (Å²) in [7, 11) is -1.57. The molecule has 0 amide bonds. The zero-order chi connectivity index (χ0) is 30.9. The molecular weight excluding hydrogens is 636 g/mol. The van der Waals surface area contributed by atoms with Gasteiger partial charge in [-0.05, 0) is 48.5 Å². The number of halogens is 7. The Morgan fingerprint density at radius 3 is 2.05 bits per heavy atom. The van der Waals surface area contributed by atoms with Gasteiger partial charge in [-0.1, -0.05) is 11.6 Å². The quantitative estimate of drug-likeness (QED) is 0.174. The summed E-state index contributed by atoms with van der Waals surface area (Å²) in [6.45, 7) is -0.259. The van der Waals surface area contributed by atoms with Crippen molar-refractivity contribution in [3.63, 3.8) is 0 Å². The van der Waals surface area contributed by atoms with Crippen LogP contribution in [0.5, 0.6) is 23.0 Å². The molecule has 0 aliphatic carbocycles. The second kappa shape index (κ2) is 11.9. The molecule has 0 spiro atoms. The average molecular weight is 654 g/mol. The number of sulfonamides is 1. The lowest BCUT2D eigenvalue weighted by Gasteiger charge is -2.23. The Balaban J connectivity index is 1.70. The molecule has 0 bridgehead atoms. The van der Waals surface area contributed by atoms with E-state index < -0.39 is 44.3 Å². The van der Waals surface area contributed by atoms with Crippen LogP contribution in [0.3, 0.4) is 0 Å². The van der Waals surface area contributed by atoms with Gasteiger partial charge in [0.1, 0.15) is 29.3 Å². The maximum absolute atomic E-state index is 13.7. The minimum atomic E-state index is -5.10. The van der Waals surface area contributed by atoms with Gasteiger partial charge in [-0.25, -0.2) is 17.7 Å². The Morgan fingerprint density at radius 1 is 0.857 bits per heavy atom. The Labute approximate surface area is 244 Å². The van der Waals surface area contributed by atoms with Crippen molar-refractivity contribution in [2.45, 2.75) is 23.8 Å². The summed E-state index contributed by atoms with van der Waals surface area (Å²) in [5, 5.41) is -0.408. The van der Waals surface area contributed by atoms with Gasteiger partial charge in [0.05, 0.1) is 41.8 Å². The van der Waals surface area contributed by atoms with Crippen LogP contribution in [0.2, 0.25) is 5.02 Å². The van der Waals surface area contributed by atoms with Crippen molar-refractivity contribution in [3.05, 3.63) is 82.6 Å². The summed E-state index contributed by atoms with van der Waals surface area (Å²) in [4.78, 5) is 3.62. The fourth-order valence-electron chi connectivity index (χ4n) is 3.63. The molecule has 4 aromatic rings. The lowest BCUT2D eigenvalue weighted by Crippen LogP contribution is -2.30. The van der Waals surface area contributed by atoms with Gasteiger partial charge in [0.15, 0.2) is 0 Å². The first-order valence-electron chi connectivity index (χ1n) is 11.4. The number of ether oxygens (including phenoxy) is 3. The number of alkyl halides is 6. The van der Waals surface area contributed by atoms with Crippen molar-refractivity contribution in [2.75, 3.05) is 18.5 Å². The van der Waals surface area contributed by atoms with Gasteiger partial charge in [0.25, 0.3) is 10.0 Å². The lowest BCUT2D eigenvalue weighted by atomic mass is 10.1. The molecule has 0 aliphatic heterocycles. The van der Waals surface area contributed by atoms with Crippen molar-refractivity contribution in [3.8, 4) is 23.0 Å². The highest BCUT2D eigenvalue weighted by Gasteiger charge is 2.37. The maximum Gasteiger partial charge on any atom is 0.416 e. The molecule has 0 radical (unpaired) electrons. The average Bonchev–Trinajstić information content (AvgIpc) is 3.46. The van der Waals surface area contributed by atoms with Gasteiger partial charge >= 0.3 is 12.4 Å². The highest BCUT2D eigenvalue weighted by atomic mass is 35.5. The Kier molecular flexibility index (Phi) is 8.80. The molecule has 1 aromatic heterocycles. The second-order valence-corrected chi connectivity index (χ2v) is 11.4. The first kappa shape index (κ1) is 31.2. The van der Waals surface area contributed by atoms with E-state index in [4.69, 9.17) is 25.8 Å². The van der Waals surface area contributed by atoms with Crippen molar-refractivity contribution < 1.29 is 49.0 Å². The summed E-state index contributed by atoms with van der Waals surface area (Å²) in [6, 6.07) is 8.43. The highest BCUT2D eigenvalue weighted by Crippen LogP contribution is 2.41. The molecule has 0 fully saturated rings. The van der Waals surface area contributed by atoms with Crippen LogP contribution in [0.4, 0.5) is 31.5 Å². The molecule has 42 heavy (non-hydrogen) atoms. The molecule has 3 aromatic carbocycles. The third-order valence-corrected chi connectivity index (χ3v) is 8.48. The van der Waals surface area contributed by atoms with E-state index in [1.54, 1.807) is 18.2 Å². The number of anilines is 1.